The molecule has 0 atom stereocenters. The first-order chi connectivity index (χ1) is 13.8. The third-order valence-corrected chi connectivity index (χ3v) is 4.68. The van der Waals surface area contributed by atoms with Crippen molar-refractivity contribution in [3.63, 3.8) is 0 Å². The number of nitrogens with zero attached hydrogens (tertiary/aromatic N) is 3. The number of rotatable bonds is 9. The normalized spacial score (nSPS) is 11.3. The van der Waals surface area contributed by atoms with Crippen LogP contribution < -0.4 is 5.32 Å². The quantitative estimate of drug-likeness (QED) is 0.674. The molecule has 0 saturated heterocycles. The first-order valence-corrected chi connectivity index (χ1v) is 10.5. The minimum atomic E-state index is -0.205. The summed E-state index contributed by atoms with van der Waals surface area (Å²) in [6, 6.07) is 11.6. The van der Waals surface area contributed by atoms with E-state index in [1.165, 1.54) is 0 Å². The fraction of sp³-hybridized carbons (Fsp3) is 0.522. The molecule has 6 nitrogen and oxygen atoms in total. The fourth-order valence-corrected chi connectivity index (χ4v) is 2.97. The Labute approximate surface area is 174 Å². The van der Waals surface area contributed by atoms with Gasteiger partial charge in [0.05, 0.1) is 17.9 Å². The highest BCUT2D eigenvalue weighted by Gasteiger charge is 2.22. The lowest BCUT2D eigenvalue weighted by Crippen LogP contribution is -2.38. The molecule has 2 aromatic rings. The van der Waals surface area contributed by atoms with E-state index in [1.807, 2.05) is 43.3 Å². The molecule has 2 rings (SSSR count). The Balaban J connectivity index is 2.23. The molecule has 1 aromatic carbocycles. The summed E-state index contributed by atoms with van der Waals surface area (Å²) in [5, 5.41) is 7.69. The summed E-state index contributed by atoms with van der Waals surface area (Å²) < 4.78 is 1.75. The monoisotopic (exact) mass is 398 g/mol. The minimum Gasteiger partial charge on any atom is -0.333 e. The van der Waals surface area contributed by atoms with E-state index in [2.05, 4.69) is 33.0 Å². The molecule has 29 heavy (non-hydrogen) atoms. The third-order valence-electron chi connectivity index (χ3n) is 4.68. The van der Waals surface area contributed by atoms with Gasteiger partial charge in [0.1, 0.15) is 5.82 Å². The Kier molecular flexibility index (Phi) is 8.00. The van der Waals surface area contributed by atoms with E-state index in [9.17, 15) is 9.59 Å². The zero-order chi connectivity index (χ0) is 21.4. The predicted octanol–water partition coefficient (Wildman–Crippen LogP) is 4.54. The predicted molar refractivity (Wildman–Crippen MR) is 117 cm³/mol. The van der Waals surface area contributed by atoms with Gasteiger partial charge in [0.25, 0.3) is 0 Å². The Hall–Kier alpha value is -2.63. The number of anilines is 1. The minimum absolute atomic E-state index is 0.0306. The topological polar surface area (TPSA) is 67.2 Å². The summed E-state index contributed by atoms with van der Waals surface area (Å²) in [6.45, 7) is 11.0. The molecule has 0 unspecified atom stereocenters. The average Bonchev–Trinajstić information content (AvgIpc) is 3.10. The van der Waals surface area contributed by atoms with Gasteiger partial charge in [-0.1, -0.05) is 59.2 Å². The number of benzene rings is 1. The first kappa shape index (κ1) is 22.7. The maximum atomic E-state index is 12.8. The number of unbranched alkanes of at least 4 members (excludes halogenated alkanes) is 1. The highest BCUT2D eigenvalue weighted by atomic mass is 16.2. The molecule has 6 heteroatoms. The second-order valence-electron chi connectivity index (χ2n) is 8.38. The molecule has 2 amide bonds. The zero-order valence-corrected chi connectivity index (χ0v) is 18.4. The van der Waals surface area contributed by atoms with Gasteiger partial charge in [0, 0.05) is 24.4 Å². The van der Waals surface area contributed by atoms with Crippen LogP contribution >= 0.6 is 0 Å². The Morgan fingerprint density at radius 3 is 2.38 bits per heavy atom. The van der Waals surface area contributed by atoms with E-state index in [4.69, 9.17) is 5.10 Å². The number of amides is 2. The lowest BCUT2D eigenvalue weighted by molar-refractivity contribution is -0.134. The molecule has 0 aliphatic heterocycles. The lowest BCUT2D eigenvalue weighted by atomic mass is 9.92. The lowest BCUT2D eigenvalue weighted by Gasteiger charge is -2.22. The van der Waals surface area contributed by atoms with Crippen molar-refractivity contribution in [2.24, 2.45) is 0 Å². The second kappa shape index (κ2) is 10.2. The SMILES string of the molecule is CCCCN(CC(=O)Nc1cc(C(C)(C)C)nn1-c1ccccc1)C(=O)CCC. The van der Waals surface area contributed by atoms with E-state index in [0.29, 0.717) is 18.8 Å². The van der Waals surface area contributed by atoms with Crippen molar-refractivity contribution in [1.82, 2.24) is 14.7 Å². The van der Waals surface area contributed by atoms with Crippen LogP contribution in [0.25, 0.3) is 5.69 Å². The molecular weight excluding hydrogens is 364 g/mol. The van der Waals surface area contributed by atoms with Crippen molar-refractivity contribution < 1.29 is 9.59 Å². The number of aromatic nitrogens is 2. The van der Waals surface area contributed by atoms with Gasteiger partial charge in [-0.3, -0.25) is 9.59 Å². The van der Waals surface area contributed by atoms with Gasteiger partial charge in [0.2, 0.25) is 11.8 Å². The molecular formula is C23H34N4O2. The Bertz CT molecular complexity index is 806. The van der Waals surface area contributed by atoms with Crippen molar-refractivity contribution >= 4 is 17.6 Å². The van der Waals surface area contributed by atoms with Gasteiger partial charge in [-0.2, -0.15) is 5.10 Å². The van der Waals surface area contributed by atoms with Crippen LogP contribution in [0.2, 0.25) is 0 Å². The van der Waals surface area contributed by atoms with Gasteiger partial charge >= 0.3 is 0 Å². The number of hydrogen-bond acceptors (Lipinski definition) is 3. The van der Waals surface area contributed by atoms with Gasteiger partial charge in [0.15, 0.2) is 0 Å². The molecule has 0 aliphatic rings. The molecule has 158 valence electrons. The molecule has 0 bridgehead atoms. The van der Waals surface area contributed by atoms with Crippen LogP contribution in [0.5, 0.6) is 0 Å². The van der Waals surface area contributed by atoms with Crippen LogP contribution in [-0.2, 0) is 15.0 Å². The van der Waals surface area contributed by atoms with E-state index in [-0.39, 0.29) is 23.8 Å². The molecule has 0 fully saturated rings. The van der Waals surface area contributed by atoms with Crippen LogP contribution in [-0.4, -0.2) is 39.6 Å². The zero-order valence-electron chi connectivity index (χ0n) is 18.4. The van der Waals surface area contributed by atoms with Gasteiger partial charge in [-0.15, -0.1) is 0 Å². The molecule has 0 saturated carbocycles. The van der Waals surface area contributed by atoms with E-state index < -0.39 is 0 Å². The number of carbonyl (C=O) groups excluding carboxylic acids is 2. The summed E-state index contributed by atoms with van der Waals surface area (Å²) in [5.41, 5.74) is 1.62. The smallest absolute Gasteiger partial charge is 0.245 e. The molecule has 0 spiro atoms. The molecule has 1 aromatic heterocycles. The van der Waals surface area contributed by atoms with E-state index >= 15 is 0 Å². The largest absolute Gasteiger partial charge is 0.333 e. The molecule has 0 aliphatic carbocycles. The van der Waals surface area contributed by atoms with Gasteiger partial charge in [-0.25, -0.2) is 4.68 Å². The van der Waals surface area contributed by atoms with Crippen LogP contribution in [0.1, 0.15) is 66.0 Å². The van der Waals surface area contributed by atoms with Crippen molar-refractivity contribution in [3.8, 4) is 5.69 Å². The van der Waals surface area contributed by atoms with E-state index in [1.54, 1.807) is 9.58 Å². The average molecular weight is 399 g/mol. The summed E-state index contributed by atoms with van der Waals surface area (Å²) in [7, 11) is 0. The number of para-hydroxylation sites is 1. The summed E-state index contributed by atoms with van der Waals surface area (Å²) in [6.07, 6.45) is 3.11. The van der Waals surface area contributed by atoms with Crippen LogP contribution in [0, 0.1) is 0 Å². The Morgan fingerprint density at radius 1 is 1.10 bits per heavy atom. The molecule has 1 N–H and O–H groups in total. The number of nitrogens with one attached hydrogen (secondary N) is 1. The highest BCUT2D eigenvalue weighted by Crippen LogP contribution is 2.26. The van der Waals surface area contributed by atoms with Crippen LogP contribution in [0.15, 0.2) is 36.4 Å². The molecule has 1 heterocycles. The summed E-state index contributed by atoms with van der Waals surface area (Å²) >= 11 is 0. The van der Waals surface area contributed by atoms with Crippen molar-refractivity contribution in [1.29, 1.82) is 0 Å². The maximum Gasteiger partial charge on any atom is 0.245 e. The van der Waals surface area contributed by atoms with Gasteiger partial charge < -0.3 is 10.2 Å². The van der Waals surface area contributed by atoms with Crippen molar-refractivity contribution in [3.05, 3.63) is 42.1 Å². The van der Waals surface area contributed by atoms with Crippen LogP contribution in [0.3, 0.4) is 0 Å². The maximum absolute atomic E-state index is 12.8. The fourth-order valence-electron chi connectivity index (χ4n) is 2.97. The third kappa shape index (κ3) is 6.44. The standard InChI is InChI=1S/C23H34N4O2/c1-6-8-15-26(22(29)12-7-2)17-21(28)24-20-16-19(23(3,4)5)25-27(20)18-13-10-9-11-14-18/h9-11,13-14,16H,6-8,12,15,17H2,1-5H3,(H,24,28). The highest BCUT2D eigenvalue weighted by molar-refractivity contribution is 5.94. The van der Waals surface area contributed by atoms with Gasteiger partial charge in [-0.05, 0) is 25.0 Å². The molecule has 0 radical (unpaired) electrons. The van der Waals surface area contributed by atoms with E-state index in [0.717, 1.165) is 30.6 Å². The number of hydrogen-bond donors (Lipinski definition) is 1. The van der Waals surface area contributed by atoms with Crippen LogP contribution in [0.4, 0.5) is 5.82 Å². The second-order valence-corrected chi connectivity index (χ2v) is 8.38. The van der Waals surface area contributed by atoms with Crippen molar-refractivity contribution in [2.45, 2.75) is 65.7 Å². The summed E-state index contributed by atoms with van der Waals surface area (Å²) in [5.74, 6) is 0.440. The number of carbonyl (C=O) groups is 2. The first-order valence-electron chi connectivity index (χ1n) is 10.5. The summed E-state index contributed by atoms with van der Waals surface area (Å²) in [4.78, 5) is 26.8. The Morgan fingerprint density at radius 2 is 1.79 bits per heavy atom. The van der Waals surface area contributed by atoms with Crippen molar-refractivity contribution in [2.75, 3.05) is 18.4 Å².